The van der Waals surface area contributed by atoms with Gasteiger partial charge >= 0.3 is 13.0 Å². The Bertz CT molecular complexity index is 446. The average molecular weight is 271 g/mol. The Morgan fingerprint density at radius 2 is 1.89 bits per heavy atom. The minimum Gasteiger partial charge on any atom is -0.434 e. The number of primary amides is 1. The molecule has 1 rings (SSSR count). The fourth-order valence-corrected chi connectivity index (χ4v) is 1.10. The maximum atomic E-state index is 12.0. The summed E-state index contributed by atoms with van der Waals surface area (Å²) in [5, 5.41) is 0. The number of benzene rings is 1. The monoisotopic (exact) mass is 271 g/mol. The van der Waals surface area contributed by atoms with Crippen molar-refractivity contribution in [3.8, 4) is 11.5 Å². The van der Waals surface area contributed by atoms with Crippen molar-refractivity contribution in [1.82, 2.24) is 0 Å². The highest BCUT2D eigenvalue weighted by Gasteiger charge is 2.31. The molecule has 100 valence electrons. The van der Waals surface area contributed by atoms with Crippen LogP contribution in [0.3, 0.4) is 0 Å². The van der Waals surface area contributed by atoms with Gasteiger partial charge in [0, 0.05) is 6.07 Å². The third-order valence-corrected chi connectivity index (χ3v) is 1.67. The first-order valence-corrected chi connectivity index (χ1v) is 4.33. The summed E-state index contributed by atoms with van der Waals surface area (Å²) in [6.45, 7) is -3.32. The third kappa shape index (κ3) is 4.07. The second-order valence-electron chi connectivity index (χ2n) is 2.95. The summed E-state index contributed by atoms with van der Waals surface area (Å²) in [5.74, 6) is -2.72. The lowest BCUT2D eigenvalue weighted by Crippen LogP contribution is -2.18. The fraction of sp³-hybridized carbons (Fsp3) is 0.222. The molecule has 0 saturated carbocycles. The van der Waals surface area contributed by atoms with Crippen LogP contribution in [0.2, 0.25) is 0 Å². The van der Waals surface area contributed by atoms with Crippen molar-refractivity contribution < 1.29 is 36.2 Å². The van der Waals surface area contributed by atoms with Crippen molar-refractivity contribution in [1.29, 1.82) is 0 Å². The first-order valence-electron chi connectivity index (χ1n) is 4.33. The van der Waals surface area contributed by atoms with Crippen LogP contribution in [-0.2, 0) is 0 Å². The number of hydrogen-bond acceptors (Lipinski definition) is 3. The zero-order valence-electron chi connectivity index (χ0n) is 8.50. The quantitative estimate of drug-likeness (QED) is 0.854. The van der Waals surface area contributed by atoms with E-state index >= 15 is 0 Å². The molecular weight excluding hydrogens is 265 g/mol. The van der Waals surface area contributed by atoms with Crippen LogP contribution in [0.15, 0.2) is 18.2 Å². The number of amides is 1. The molecule has 0 fully saturated rings. The molecule has 0 spiro atoms. The maximum Gasteiger partial charge on any atom is 0.573 e. The van der Waals surface area contributed by atoms with Crippen LogP contribution in [0.4, 0.5) is 22.0 Å². The summed E-state index contributed by atoms with van der Waals surface area (Å²) in [5.41, 5.74) is 4.36. The fourth-order valence-electron chi connectivity index (χ4n) is 1.10. The van der Waals surface area contributed by atoms with Crippen LogP contribution in [0.25, 0.3) is 0 Å². The molecule has 0 aliphatic rings. The summed E-state index contributed by atoms with van der Waals surface area (Å²) in [4.78, 5) is 10.8. The summed E-state index contributed by atoms with van der Waals surface area (Å²) in [6, 6.07) is 2.05. The molecule has 4 nitrogen and oxygen atoms in total. The van der Waals surface area contributed by atoms with Crippen molar-refractivity contribution in [2.24, 2.45) is 5.73 Å². The molecule has 2 N–H and O–H groups in total. The lowest BCUT2D eigenvalue weighted by Gasteiger charge is -2.12. The topological polar surface area (TPSA) is 61.6 Å². The zero-order chi connectivity index (χ0) is 13.9. The van der Waals surface area contributed by atoms with Gasteiger partial charge in [0.2, 0.25) is 0 Å². The van der Waals surface area contributed by atoms with Crippen molar-refractivity contribution >= 4 is 5.91 Å². The largest absolute Gasteiger partial charge is 0.573 e. The van der Waals surface area contributed by atoms with E-state index in [-0.39, 0.29) is 0 Å². The van der Waals surface area contributed by atoms with Crippen LogP contribution in [-0.4, -0.2) is 18.9 Å². The van der Waals surface area contributed by atoms with Gasteiger partial charge in [-0.2, -0.15) is 8.78 Å². The van der Waals surface area contributed by atoms with Crippen LogP contribution < -0.4 is 15.2 Å². The van der Waals surface area contributed by atoms with Crippen LogP contribution in [0.5, 0.6) is 11.5 Å². The molecule has 0 aliphatic carbocycles. The minimum atomic E-state index is -4.99. The Morgan fingerprint density at radius 3 is 2.33 bits per heavy atom. The molecule has 1 aromatic carbocycles. The first-order chi connectivity index (χ1) is 8.19. The molecule has 0 aromatic heterocycles. The Kier molecular flexibility index (Phi) is 3.94. The van der Waals surface area contributed by atoms with E-state index in [1.165, 1.54) is 0 Å². The van der Waals surface area contributed by atoms with Gasteiger partial charge in [-0.25, -0.2) is 0 Å². The molecule has 0 aliphatic heterocycles. The lowest BCUT2D eigenvalue weighted by molar-refractivity contribution is -0.274. The summed E-state index contributed by atoms with van der Waals surface area (Å²) < 4.78 is 67.0. The zero-order valence-corrected chi connectivity index (χ0v) is 8.50. The first kappa shape index (κ1) is 14.0. The van der Waals surface area contributed by atoms with Crippen molar-refractivity contribution in [2.75, 3.05) is 0 Å². The summed E-state index contributed by atoms with van der Waals surface area (Å²) in [7, 11) is 0. The Balaban J connectivity index is 3.09. The lowest BCUT2D eigenvalue weighted by atomic mass is 10.2. The van der Waals surface area contributed by atoms with Crippen molar-refractivity contribution in [3.63, 3.8) is 0 Å². The van der Waals surface area contributed by atoms with Gasteiger partial charge in [0.05, 0.1) is 5.56 Å². The van der Waals surface area contributed by atoms with E-state index in [0.717, 1.165) is 12.1 Å². The molecular formula is C9H6F5NO3. The minimum absolute atomic E-state index is 0.482. The smallest absolute Gasteiger partial charge is 0.434 e. The van der Waals surface area contributed by atoms with Crippen molar-refractivity contribution in [3.05, 3.63) is 23.8 Å². The Hall–Kier alpha value is -2.06. The van der Waals surface area contributed by atoms with Gasteiger partial charge in [-0.15, -0.1) is 13.2 Å². The highest BCUT2D eigenvalue weighted by Crippen LogP contribution is 2.29. The van der Waals surface area contributed by atoms with Gasteiger partial charge in [-0.05, 0) is 12.1 Å². The van der Waals surface area contributed by atoms with Gasteiger partial charge in [0.15, 0.2) is 0 Å². The standard InChI is InChI=1S/C9H6F5NO3/c10-8(11)17-6-3-4(18-9(12,13)14)1-2-5(6)7(15)16/h1-3,8H,(H2,15,16). The molecule has 1 aromatic rings. The second-order valence-corrected chi connectivity index (χ2v) is 2.95. The Labute approximate surface area is 97.1 Å². The molecule has 0 bridgehead atoms. The SMILES string of the molecule is NC(=O)c1ccc(OC(F)(F)F)cc1OC(F)F. The van der Waals surface area contributed by atoms with Crippen LogP contribution in [0.1, 0.15) is 10.4 Å². The van der Waals surface area contributed by atoms with E-state index in [2.05, 4.69) is 9.47 Å². The molecule has 1 amide bonds. The third-order valence-electron chi connectivity index (χ3n) is 1.67. The summed E-state index contributed by atoms with van der Waals surface area (Å²) >= 11 is 0. The normalized spacial score (nSPS) is 11.4. The van der Waals surface area contributed by atoms with Gasteiger partial charge in [0.1, 0.15) is 11.5 Å². The highest BCUT2D eigenvalue weighted by atomic mass is 19.4. The number of carbonyl (C=O) groups excluding carboxylic acids is 1. The number of hydrogen-bond donors (Lipinski definition) is 1. The van der Waals surface area contributed by atoms with E-state index in [0.29, 0.717) is 6.07 Å². The van der Waals surface area contributed by atoms with E-state index in [1.54, 1.807) is 0 Å². The molecule has 0 heterocycles. The number of alkyl halides is 5. The maximum absolute atomic E-state index is 12.0. The van der Waals surface area contributed by atoms with E-state index in [9.17, 15) is 26.7 Å². The number of rotatable bonds is 4. The van der Waals surface area contributed by atoms with E-state index in [4.69, 9.17) is 5.73 Å². The van der Waals surface area contributed by atoms with Gasteiger partial charge in [-0.1, -0.05) is 0 Å². The number of nitrogens with two attached hydrogens (primary N) is 1. The molecule has 18 heavy (non-hydrogen) atoms. The predicted octanol–water partition coefficient (Wildman–Crippen LogP) is 2.29. The number of halogens is 5. The molecule has 0 saturated heterocycles. The molecule has 0 unspecified atom stereocenters. The molecule has 0 atom stereocenters. The highest BCUT2D eigenvalue weighted by molar-refractivity contribution is 5.95. The molecule has 0 radical (unpaired) electrons. The van der Waals surface area contributed by atoms with E-state index < -0.39 is 35.9 Å². The average Bonchev–Trinajstić information content (AvgIpc) is 2.13. The van der Waals surface area contributed by atoms with Crippen LogP contribution >= 0.6 is 0 Å². The van der Waals surface area contributed by atoms with Gasteiger partial charge in [-0.3, -0.25) is 4.79 Å². The van der Waals surface area contributed by atoms with Crippen molar-refractivity contribution in [2.45, 2.75) is 13.0 Å². The van der Waals surface area contributed by atoms with Crippen LogP contribution in [0, 0.1) is 0 Å². The van der Waals surface area contributed by atoms with Gasteiger partial charge in [0.25, 0.3) is 5.91 Å². The Morgan fingerprint density at radius 1 is 1.28 bits per heavy atom. The number of ether oxygens (including phenoxy) is 2. The van der Waals surface area contributed by atoms with E-state index in [1.807, 2.05) is 0 Å². The predicted molar refractivity (Wildman–Crippen MR) is 48.3 cm³/mol. The second kappa shape index (κ2) is 5.07. The molecule has 9 heteroatoms. The van der Waals surface area contributed by atoms with Gasteiger partial charge < -0.3 is 15.2 Å². The number of carbonyl (C=O) groups is 1. The summed E-state index contributed by atoms with van der Waals surface area (Å²) in [6.07, 6.45) is -4.99.